The first-order chi connectivity index (χ1) is 3.00. The van der Waals surface area contributed by atoms with Gasteiger partial charge in [-0.25, -0.2) is 0 Å². The van der Waals surface area contributed by atoms with Gasteiger partial charge in [-0.05, 0) is 0 Å². The molecule has 1 rings (SSSR count). The standard InChI is InChI=1S/C6H5.Na/c1-2-4-6-5-3-1;/h1-5H;/q2*+1. The maximum Gasteiger partial charge on any atom is 1.00 e. The van der Waals surface area contributed by atoms with Gasteiger partial charge in [0.15, 0.2) is 0 Å². The third-order valence-electron chi connectivity index (χ3n) is 0.607. The molecule has 0 aromatic heterocycles. The molecule has 7 heavy (non-hydrogen) atoms. The van der Waals surface area contributed by atoms with Gasteiger partial charge in [-0.1, -0.05) is 0 Å². The van der Waals surface area contributed by atoms with E-state index >= 15 is 0 Å². The molecule has 0 unspecified atom stereocenters. The fraction of sp³-hybridized carbons (Fsp3) is 0. The fourth-order valence-corrected chi connectivity index (χ4v) is 0.342. The van der Waals surface area contributed by atoms with Gasteiger partial charge < -0.3 is 0 Å². The number of hydrogen-bond acceptors (Lipinski definition) is 0. The van der Waals surface area contributed by atoms with Crippen LogP contribution in [0.1, 0.15) is 0 Å². The summed E-state index contributed by atoms with van der Waals surface area (Å²) in [5.41, 5.74) is 0. The summed E-state index contributed by atoms with van der Waals surface area (Å²) >= 11 is 0. The number of allylic oxidation sites excluding steroid dienone is 6. The Balaban J connectivity index is 0.000000360. The van der Waals surface area contributed by atoms with Gasteiger partial charge in [-0.15, -0.1) is 0 Å². The summed E-state index contributed by atoms with van der Waals surface area (Å²) < 4.78 is 0. The molecule has 0 nitrogen and oxygen atoms in total. The number of hydrogen-bond donors (Lipinski definition) is 0. The molecule has 1 heteroatoms. The van der Waals surface area contributed by atoms with E-state index in [2.05, 4.69) is 6.08 Å². The zero-order valence-corrected chi connectivity index (χ0v) is 6.39. The second kappa shape index (κ2) is 4.29. The summed E-state index contributed by atoms with van der Waals surface area (Å²) in [7, 11) is 0. The predicted molar refractivity (Wildman–Crippen MR) is 26.1 cm³/mol. The molecule has 0 radical (unpaired) electrons. The van der Waals surface area contributed by atoms with Crippen LogP contribution in [0.25, 0.3) is 0 Å². The van der Waals surface area contributed by atoms with Crippen molar-refractivity contribution in [3.8, 4) is 0 Å². The van der Waals surface area contributed by atoms with Crippen molar-refractivity contribution in [3.05, 3.63) is 36.5 Å². The quantitative estimate of drug-likeness (QED) is 0.256. The zero-order chi connectivity index (χ0) is 4.24. The van der Waals surface area contributed by atoms with Crippen molar-refractivity contribution in [2.75, 3.05) is 0 Å². The third kappa shape index (κ3) is 2.78. The second-order valence-corrected chi connectivity index (χ2v) is 1.08. The van der Waals surface area contributed by atoms with Crippen LogP contribution in [-0.4, -0.2) is 0 Å². The normalized spacial score (nSPS) is 12.6. The number of rotatable bonds is 0. The first kappa shape index (κ1) is 7.13. The van der Waals surface area contributed by atoms with E-state index in [1.807, 2.05) is 30.4 Å². The fourth-order valence-electron chi connectivity index (χ4n) is 0.342. The molecule has 0 spiro atoms. The molecule has 0 atom stereocenters. The molecule has 0 aromatic carbocycles. The van der Waals surface area contributed by atoms with Crippen molar-refractivity contribution in [2.45, 2.75) is 0 Å². The van der Waals surface area contributed by atoms with E-state index < -0.39 is 0 Å². The van der Waals surface area contributed by atoms with E-state index in [-0.39, 0.29) is 29.6 Å². The van der Waals surface area contributed by atoms with Gasteiger partial charge in [0.05, 0.1) is 0 Å². The zero-order valence-electron chi connectivity index (χ0n) is 4.39. The second-order valence-electron chi connectivity index (χ2n) is 1.08. The van der Waals surface area contributed by atoms with E-state index in [0.29, 0.717) is 0 Å². The van der Waals surface area contributed by atoms with Crippen molar-refractivity contribution in [3.63, 3.8) is 0 Å². The molecule has 0 aliphatic heterocycles. The molecule has 0 heterocycles. The Bertz CT molecular complexity index is 73.6. The minimum absolute atomic E-state index is 0. The van der Waals surface area contributed by atoms with Gasteiger partial charge in [0.1, 0.15) is 12.2 Å². The van der Waals surface area contributed by atoms with Crippen LogP contribution >= 0.6 is 0 Å². The Morgan fingerprint density at radius 3 is 2.00 bits per heavy atom. The minimum Gasteiger partial charge on any atom is 0.0395 e. The summed E-state index contributed by atoms with van der Waals surface area (Å²) in [6, 6.07) is 0. The summed E-state index contributed by atoms with van der Waals surface area (Å²) in [5.74, 6) is 0. The van der Waals surface area contributed by atoms with E-state index in [9.17, 15) is 0 Å². The van der Waals surface area contributed by atoms with Crippen LogP contribution in [0.4, 0.5) is 0 Å². The molecule has 0 aromatic rings. The van der Waals surface area contributed by atoms with E-state index in [0.717, 1.165) is 0 Å². The SMILES string of the molecule is [C+]1=CC=CC=C1.[Na+]. The summed E-state index contributed by atoms with van der Waals surface area (Å²) in [6.07, 6.45) is 12.5. The van der Waals surface area contributed by atoms with Crippen molar-refractivity contribution in [2.24, 2.45) is 0 Å². The van der Waals surface area contributed by atoms with Gasteiger partial charge in [0, 0.05) is 24.3 Å². The maximum atomic E-state index is 2.89. The predicted octanol–water partition coefficient (Wildman–Crippen LogP) is -1.52. The summed E-state index contributed by atoms with van der Waals surface area (Å²) in [6.45, 7) is 0. The minimum atomic E-state index is 0. The molecule has 0 saturated carbocycles. The largest absolute Gasteiger partial charge is 1.00 e. The third-order valence-corrected chi connectivity index (χ3v) is 0.607. The Kier molecular flexibility index (Phi) is 4.37. The first-order valence-corrected chi connectivity index (χ1v) is 1.91. The molecule has 1 aliphatic carbocycles. The topological polar surface area (TPSA) is 0 Å². The maximum absolute atomic E-state index is 2.89. The monoisotopic (exact) mass is 100 g/mol. The first-order valence-electron chi connectivity index (χ1n) is 1.91. The molecule has 0 fully saturated rings. The average molecular weight is 100 g/mol. The van der Waals surface area contributed by atoms with Crippen molar-refractivity contribution in [1.29, 1.82) is 0 Å². The van der Waals surface area contributed by atoms with Gasteiger partial charge in [-0.2, -0.15) is 0 Å². The van der Waals surface area contributed by atoms with Crippen LogP contribution in [0.15, 0.2) is 30.4 Å². The van der Waals surface area contributed by atoms with Gasteiger partial charge in [-0.3, -0.25) is 0 Å². The van der Waals surface area contributed by atoms with Crippen LogP contribution in [0.2, 0.25) is 0 Å². The molecule has 0 bridgehead atoms. The molecule has 1 aliphatic rings. The van der Waals surface area contributed by atoms with Crippen LogP contribution in [0, 0.1) is 6.08 Å². The molecular weight excluding hydrogens is 95.1 g/mol. The van der Waals surface area contributed by atoms with Crippen molar-refractivity contribution >= 4 is 0 Å². The molecule has 28 valence electrons. The average Bonchev–Trinajstić information content (AvgIpc) is 1.72. The summed E-state index contributed by atoms with van der Waals surface area (Å²) in [4.78, 5) is 0. The molecule has 0 saturated heterocycles. The Morgan fingerprint density at radius 1 is 1.00 bits per heavy atom. The van der Waals surface area contributed by atoms with Crippen LogP contribution < -0.4 is 29.6 Å². The smallest absolute Gasteiger partial charge is 0.0395 e. The molecule has 0 N–H and O–H groups in total. The van der Waals surface area contributed by atoms with Crippen LogP contribution in [-0.2, 0) is 0 Å². The Hall–Kier alpha value is 0.130. The van der Waals surface area contributed by atoms with Crippen molar-refractivity contribution < 1.29 is 29.6 Å². The van der Waals surface area contributed by atoms with E-state index in [4.69, 9.17) is 0 Å². The Morgan fingerprint density at radius 2 is 1.86 bits per heavy atom. The van der Waals surface area contributed by atoms with Gasteiger partial charge in [0.2, 0.25) is 0 Å². The van der Waals surface area contributed by atoms with Gasteiger partial charge >= 0.3 is 29.6 Å². The van der Waals surface area contributed by atoms with Gasteiger partial charge in [0.25, 0.3) is 0 Å². The summed E-state index contributed by atoms with van der Waals surface area (Å²) in [5, 5.41) is 0. The van der Waals surface area contributed by atoms with E-state index in [1.165, 1.54) is 0 Å². The van der Waals surface area contributed by atoms with E-state index in [1.54, 1.807) is 0 Å². The molecular formula is C6H5Na+2. The van der Waals surface area contributed by atoms with Crippen LogP contribution in [0.3, 0.4) is 0 Å². The Labute approximate surface area is 65.9 Å². The van der Waals surface area contributed by atoms with Crippen LogP contribution in [0.5, 0.6) is 0 Å². The molecule has 0 amide bonds. The van der Waals surface area contributed by atoms with Crippen molar-refractivity contribution in [1.82, 2.24) is 0 Å².